The molecule has 5 nitrogen and oxygen atoms in total. The van der Waals surface area contributed by atoms with Gasteiger partial charge in [-0.05, 0) is 0 Å². The molecular formula is C8H17NO4. The summed E-state index contributed by atoms with van der Waals surface area (Å²) in [5.74, 6) is 4.93. The summed E-state index contributed by atoms with van der Waals surface area (Å²) in [6, 6.07) is 0. The Balaban J connectivity index is 2.03. The zero-order valence-corrected chi connectivity index (χ0v) is 7.90. The lowest BCUT2D eigenvalue weighted by molar-refractivity contribution is 0.000285. The molecule has 2 unspecified atom stereocenters. The average molecular weight is 191 g/mol. The van der Waals surface area contributed by atoms with Crippen LogP contribution in [-0.4, -0.2) is 45.7 Å². The van der Waals surface area contributed by atoms with Gasteiger partial charge in [-0.1, -0.05) is 0 Å². The standard InChI is InChI=1S/C8H17NO4/c1-10-2-3-11-7-4-8(6-13-9)12-5-7/h7-8H,2-6,9H2,1H3. The lowest BCUT2D eigenvalue weighted by atomic mass is 10.2. The van der Waals surface area contributed by atoms with Crippen LogP contribution >= 0.6 is 0 Å². The Morgan fingerprint density at radius 2 is 2.31 bits per heavy atom. The molecule has 1 aliphatic rings. The summed E-state index contributed by atoms with van der Waals surface area (Å²) in [5, 5.41) is 0. The Kier molecular flexibility index (Phi) is 5.26. The molecule has 0 spiro atoms. The largest absolute Gasteiger partial charge is 0.382 e. The van der Waals surface area contributed by atoms with Gasteiger partial charge in [0.2, 0.25) is 0 Å². The van der Waals surface area contributed by atoms with Gasteiger partial charge in [0.1, 0.15) is 0 Å². The maximum Gasteiger partial charge on any atom is 0.0942 e. The Morgan fingerprint density at radius 1 is 1.46 bits per heavy atom. The first-order chi connectivity index (χ1) is 6.36. The van der Waals surface area contributed by atoms with Crippen LogP contribution in [-0.2, 0) is 19.0 Å². The second-order valence-electron chi connectivity index (χ2n) is 3.01. The maximum absolute atomic E-state index is 5.47. The van der Waals surface area contributed by atoms with Gasteiger partial charge in [-0.15, -0.1) is 0 Å². The van der Waals surface area contributed by atoms with E-state index in [-0.39, 0.29) is 12.2 Å². The van der Waals surface area contributed by atoms with Crippen molar-refractivity contribution in [1.82, 2.24) is 0 Å². The fraction of sp³-hybridized carbons (Fsp3) is 1.00. The van der Waals surface area contributed by atoms with Crippen LogP contribution in [0.2, 0.25) is 0 Å². The summed E-state index contributed by atoms with van der Waals surface area (Å²) in [7, 11) is 1.65. The minimum absolute atomic E-state index is 0.0811. The minimum Gasteiger partial charge on any atom is -0.382 e. The summed E-state index contributed by atoms with van der Waals surface area (Å²) in [4.78, 5) is 4.49. The zero-order valence-electron chi connectivity index (χ0n) is 7.90. The second-order valence-corrected chi connectivity index (χ2v) is 3.01. The van der Waals surface area contributed by atoms with Gasteiger partial charge in [0.15, 0.2) is 0 Å². The summed E-state index contributed by atoms with van der Waals surface area (Å²) >= 11 is 0. The van der Waals surface area contributed by atoms with E-state index >= 15 is 0 Å². The molecule has 0 amide bonds. The first-order valence-corrected chi connectivity index (χ1v) is 4.40. The Morgan fingerprint density at radius 3 is 3.00 bits per heavy atom. The van der Waals surface area contributed by atoms with E-state index in [9.17, 15) is 0 Å². The minimum atomic E-state index is 0.0811. The smallest absolute Gasteiger partial charge is 0.0942 e. The van der Waals surface area contributed by atoms with Crippen LogP contribution in [0.1, 0.15) is 6.42 Å². The molecule has 13 heavy (non-hydrogen) atoms. The van der Waals surface area contributed by atoms with Crippen LogP contribution in [0, 0.1) is 0 Å². The molecule has 0 aliphatic carbocycles. The highest BCUT2D eigenvalue weighted by atomic mass is 16.6. The van der Waals surface area contributed by atoms with Crippen molar-refractivity contribution in [1.29, 1.82) is 0 Å². The van der Waals surface area contributed by atoms with Gasteiger partial charge < -0.3 is 19.0 Å². The average Bonchev–Trinajstić information content (AvgIpc) is 2.54. The van der Waals surface area contributed by atoms with E-state index in [0.29, 0.717) is 26.4 Å². The van der Waals surface area contributed by atoms with Gasteiger partial charge in [0.25, 0.3) is 0 Å². The Hall–Kier alpha value is -0.200. The van der Waals surface area contributed by atoms with Crippen molar-refractivity contribution in [3.8, 4) is 0 Å². The Bertz CT molecular complexity index is 133. The summed E-state index contributed by atoms with van der Waals surface area (Å²) in [5.41, 5.74) is 0. The van der Waals surface area contributed by atoms with Crippen molar-refractivity contribution >= 4 is 0 Å². The molecule has 1 heterocycles. The molecule has 2 atom stereocenters. The molecule has 1 rings (SSSR count). The van der Waals surface area contributed by atoms with Crippen molar-refractivity contribution < 1.29 is 19.0 Å². The molecule has 0 saturated carbocycles. The lowest BCUT2D eigenvalue weighted by Crippen LogP contribution is -2.19. The van der Waals surface area contributed by atoms with Crippen LogP contribution in [0.3, 0.4) is 0 Å². The molecule has 2 N–H and O–H groups in total. The van der Waals surface area contributed by atoms with Crippen molar-refractivity contribution in [2.45, 2.75) is 18.6 Å². The molecule has 5 heteroatoms. The van der Waals surface area contributed by atoms with Crippen molar-refractivity contribution in [2.24, 2.45) is 5.90 Å². The van der Waals surface area contributed by atoms with E-state index in [2.05, 4.69) is 4.84 Å². The van der Waals surface area contributed by atoms with Crippen molar-refractivity contribution in [2.75, 3.05) is 33.5 Å². The molecule has 0 bridgehead atoms. The number of hydrogen-bond acceptors (Lipinski definition) is 5. The van der Waals surface area contributed by atoms with Gasteiger partial charge >= 0.3 is 0 Å². The third kappa shape index (κ3) is 4.02. The number of ether oxygens (including phenoxy) is 3. The van der Waals surface area contributed by atoms with Gasteiger partial charge in [-0.2, -0.15) is 0 Å². The predicted octanol–water partition coefficient (Wildman–Crippen LogP) is -0.303. The molecule has 0 aromatic carbocycles. The fourth-order valence-electron chi connectivity index (χ4n) is 1.31. The molecular weight excluding hydrogens is 174 g/mol. The Labute approximate surface area is 78.0 Å². The van der Waals surface area contributed by atoms with E-state index in [4.69, 9.17) is 20.1 Å². The highest BCUT2D eigenvalue weighted by Gasteiger charge is 2.25. The quantitative estimate of drug-likeness (QED) is 0.461. The zero-order chi connectivity index (χ0) is 9.52. The molecule has 0 radical (unpaired) electrons. The number of rotatable bonds is 6. The molecule has 0 aromatic rings. The topological polar surface area (TPSA) is 62.9 Å². The molecule has 1 saturated heterocycles. The van der Waals surface area contributed by atoms with Crippen molar-refractivity contribution in [3.63, 3.8) is 0 Å². The highest BCUT2D eigenvalue weighted by Crippen LogP contribution is 2.15. The third-order valence-electron chi connectivity index (χ3n) is 1.97. The normalized spacial score (nSPS) is 28.2. The van der Waals surface area contributed by atoms with Crippen LogP contribution in [0.5, 0.6) is 0 Å². The summed E-state index contributed by atoms with van der Waals surface area (Å²) < 4.78 is 15.7. The lowest BCUT2D eigenvalue weighted by Gasteiger charge is -2.09. The molecule has 1 aliphatic heterocycles. The summed E-state index contributed by atoms with van der Waals surface area (Å²) in [6.07, 6.45) is 1.09. The number of methoxy groups -OCH3 is 1. The summed E-state index contributed by atoms with van der Waals surface area (Å²) in [6.45, 7) is 2.29. The molecule has 1 fully saturated rings. The van der Waals surface area contributed by atoms with Gasteiger partial charge in [0, 0.05) is 13.5 Å². The van der Waals surface area contributed by atoms with Gasteiger partial charge in [-0.3, -0.25) is 0 Å². The van der Waals surface area contributed by atoms with E-state index in [1.807, 2.05) is 0 Å². The fourth-order valence-corrected chi connectivity index (χ4v) is 1.31. The van der Waals surface area contributed by atoms with Crippen LogP contribution in [0.15, 0.2) is 0 Å². The predicted molar refractivity (Wildman–Crippen MR) is 46.1 cm³/mol. The SMILES string of the molecule is COCCOC1COC(CON)C1. The number of hydrogen-bond donors (Lipinski definition) is 1. The first kappa shape index (κ1) is 10.9. The van der Waals surface area contributed by atoms with Crippen LogP contribution in [0.25, 0.3) is 0 Å². The van der Waals surface area contributed by atoms with Crippen LogP contribution < -0.4 is 5.90 Å². The van der Waals surface area contributed by atoms with E-state index in [1.165, 1.54) is 0 Å². The monoisotopic (exact) mass is 191 g/mol. The van der Waals surface area contributed by atoms with Crippen molar-refractivity contribution in [3.05, 3.63) is 0 Å². The van der Waals surface area contributed by atoms with Crippen LogP contribution in [0.4, 0.5) is 0 Å². The maximum atomic E-state index is 5.47. The van der Waals surface area contributed by atoms with Gasteiger partial charge in [-0.25, -0.2) is 5.90 Å². The van der Waals surface area contributed by atoms with E-state index in [1.54, 1.807) is 7.11 Å². The third-order valence-corrected chi connectivity index (χ3v) is 1.97. The molecule has 78 valence electrons. The molecule has 0 aromatic heterocycles. The highest BCUT2D eigenvalue weighted by molar-refractivity contribution is 4.73. The van der Waals surface area contributed by atoms with E-state index in [0.717, 1.165) is 6.42 Å². The second kappa shape index (κ2) is 6.28. The first-order valence-electron chi connectivity index (χ1n) is 4.40. The number of nitrogens with two attached hydrogens (primary N) is 1. The van der Waals surface area contributed by atoms with E-state index < -0.39 is 0 Å². The van der Waals surface area contributed by atoms with Gasteiger partial charge in [0.05, 0.1) is 38.6 Å².